The van der Waals surface area contributed by atoms with Gasteiger partial charge in [0, 0.05) is 18.7 Å². The van der Waals surface area contributed by atoms with Crippen LogP contribution in [0.5, 0.6) is 5.75 Å². The van der Waals surface area contributed by atoms with Gasteiger partial charge in [-0.05, 0) is 24.9 Å². The van der Waals surface area contributed by atoms with Crippen molar-refractivity contribution < 1.29 is 9.84 Å². The molecule has 1 aromatic rings. The number of aliphatic hydroxyl groups is 1. The van der Waals surface area contributed by atoms with Crippen molar-refractivity contribution in [2.75, 3.05) is 20.2 Å². The summed E-state index contributed by atoms with van der Waals surface area (Å²) >= 11 is 0. The molecule has 0 saturated carbocycles. The zero-order valence-electron chi connectivity index (χ0n) is 10.6. The Labute approximate surface area is 103 Å². The summed E-state index contributed by atoms with van der Waals surface area (Å²) in [5.41, 5.74) is 1.19. The minimum atomic E-state index is -0.196. The van der Waals surface area contributed by atoms with Crippen molar-refractivity contribution in [3.8, 4) is 5.75 Å². The predicted octanol–water partition coefficient (Wildman–Crippen LogP) is 1.90. The fraction of sp³-hybridized carbons (Fsp3) is 0.571. The average molecular weight is 235 g/mol. The largest absolute Gasteiger partial charge is 0.496 e. The van der Waals surface area contributed by atoms with Crippen LogP contribution in [0.15, 0.2) is 24.3 Å². The molecule has 2 atom stereocenters. The topological polar surface area (TPSA) is 32.7 Å². The second-order valence-corrected chi connectivity index (χ2v) is 4.88. The van der Waals surface area contributed by atoms with Gasteiger partial charge in [0.15, 0.2) is 0 Å². The maximum Gasteiger partial charge on any atom is 0.123 e. The molecule has 94 valence electrons. The van der Waals surface area contributed by atoms with Gasteiger partial charge in [0.05, 0.1) is 13.2 Å². The highest BCUT2D eigenvalue weighted by Gasteiger charge is 2.24. The normalized spacial score (nSPS) is 25.8. The molecule has 1 aromatic carbocycles. The van der Waals surface area contributed by atoms with Gasteiger partial charge in [-0.2, -0.15) is 0 Å². The van der Waals surface area contributed by atoms with Crippen LogP contribution in [0.4, 0.5) is 0 Å². The molecule has 0 amide bonds. The van der Waals surface area contributed by atoms with Crippen molar-refractivity contribution >= 4 is 0 Å². The van der Waals surface area contributed by atoms with Crippen molar-refractivity contribution in [2.24, 2.45) is 5.92 Å². The zero-order valence-corrected chi connectivity index (χ0v) is 10.6. The number of aliphatic hydroxyl groups excluding tert-OH is 1. The Morgan fingerprint density at radius 3 is 2.88 bits per heavy atom. The number of methoxy groups -OCH3 is 1. The lowest BCUT2D eigenvalue weighted by Crippen LogP contribution is -2.42. The summed E-state index contributed by atoms with van der Waals surface area (Å²) in [6, 6.07) is 8.08. The van der Waals surface area contributed by atoms with Crippen LogP contribution in [-0.2, 0) is 6.54 Å². The maximum absolute atomic E-state index is 9.88. The molecule has 0 radical (unpaired) electrons. The standard InChI is InChI=1S/C14H21NO2/c1-11-7-8-15(10-13(11)16)9-12-5-3-4-6-14(12)17-2/h3-6,11,13,16H,7-10H2,1-2H3. The number of para-hydroxylation sites is 1. The Morgan fingerprint density at radius 1 is 1.41 bits per heavy atom. The minimum absolute atomic E-state index is 0.196. The fourth-order valence-electron chi connectivity index (χ4n) is 2.33. The summed E-state index contributed by atoms with van der Waals surface area (Å²) in [7, 11) is 1.70. The third kappa shape index (κ3) is 2.99. The van der Waals surface area contributed by atoms with E-state index in [0.717, 1.165) is 31.8 Å². The van der Waals surface area contributed by atoms with Crippen molar-refractivity contribution in [2.45, 2.75) is 26.0 Å². The average Bonchev–Trinajstić information content (AvgIpc) is 2.34. The first-order valence-electron chi connectivity index (χ1n) is 6.23. The number of piperidine rings is 1. The maximum atomic E-state index is 9.88. The molecule has 3 heteroatoms. The van der Waals surface area contributed by atoms with E-state index >= 15 is 0 Å². The molecule has 0 bridgehead atoms. The SMILES string of the molecule is COc1ccccc1CN1CCC(C)C(O)C1. The molecule has 2 unspecified atom stereocenters. The van der Waals surface area contributed by atoms with E-state index in [1.165, 1.54) is 5.56 Å². The summed E-state index contributed by atoms with van der Waals surface area (Å²) < 4.78 is 5.35. The first-order valence-corrected chi connectivity index (χ1v) is 6.23. The lowest BCUT2D eigenvalue weighted by molar-refractivity contribution is 0.0256. The lowest BCUT2D eigenvalue weighted by atomic mass is 9.96. The van der Waals surface area contributed by atoms with Crippen LogP contribution in [0, 0.1) is 5.92 Å². The third-order valence-electron chi connectivity index (χ3n) is 3.59. The van der Waals surface area contributed by atoms with Crippen LogP contribution in [0.3, 0.4) is 0 Å². The molecular weight excluding hydrogens is 214 g/mol. The number of benzene rings is 1. The number of rotatable bonds is 3. The van der Waals surface area contributed by atoms with Crippen LogP contribution >= 0.6 is 0 Å². The van der Waals surface area contributed by atoms with E-state index in [9.17, 15) is 5.11 Å². The molecule has 3 nitrogen and oxygen atoms in total. The minimum Gasteiger partial charge on any atom is -0.496 e. The van der Waals surface area contributed by atoms with Crippen LogP contribution < -0.4 is 4.74 Å². The second kappa shape index (κ2) is 5.52. The van der Waals surface area contributed by atoms with Gasteiger partial charge in [-0.3, -0.25) is 4.90 Å². The Kier molecular flexibility index (Phi) is 4.02. The molecule has 1 N–H and O–H groups in total. The molecular formula is C14H21NO2. The predicted molar refractivity (Wildman–Crippen MR) is 68.1 cm³/mol. The fourth-order valence-corrected chi connectivity index (χ4v) is 2.33. The molecule has 0 aromatic heterocycles. The van der Waals surface area contributed by atoms with E-state index in [0.29, 0.717) is 5.92 Å². The van der Waals surface area contributed by atoms with Crippen LogP contribution in [0.25, 0.3) is 0 Å². The zero-order chi connectivity index (χ0) is 12.3. The highest BCUT2D eigenvalue weighted by Crippen LogP contribution is 2.23. The van der Waals surface area contributed by atoms with E-state index in [2.05, 4.69) is 17.9 Å². The molecule has 0 spiro atoms. The van der Waals surface area contributed by atoms with E-state index < -0.39 is 0 Å². The molecule has 2 rings (SSSR count). The number of ether oxygens (including phenoxy) is 1. The van der Waals surface area contributed by atoms with Gasteiger partial charge in [-0.15, -0.1) is 0 Å². The quantitative estimate of drug-likeness (QED) is 0.868. The molecule has 1 saturated heterocycles. The number of β-amino-alcohol motifs (C(OH)–C–C–N with tert-alkyl or cyclic N) is 1. The monoisotopic (exact) mass is 235 g/mol. The van der Waals surface area contributed by atoms with Crippen molar-refractivity contribution in [1.29, 1.82) is 0 Å². The number of likely N-dealkylation sites (tertiary alicyclic amines) is 1. The Balaban J connectivity index is 2.01. The molecule has 1 fully saturated rings. The molecule has 1 heterocycles. The van der Waals surface area contributed by atoms with Crippen LogP contribution in [-0.4, -0.2) is 36.3 Å². The lowest BCUT2D eigenvalue weighted by Gasteiger charge is -2.34. The van der Waals surface area contributed by atoms with Crippen molar-refractivity contribution in [3.05, 3.63) is 29.8 Å². The smallest absolute Gasteiger partial charge is 0.123 e. The van der Waals surface area contributed by atoms with Crippen molar-refractivity contribution in [3.63, 3.8) is 0 Å². The third-order valence-corrected chi connectivity index (χ3v) is 3.59. The molecule has 1 aliphatic heterocycles. The van der Waals surface area contributed by atoms with Gasteiger partial charge >= 0.3 is 0 Å². The van der Waals surface area contributed by atoms with Crippen LogP contribution in [0.1, 0.15) is 18.9 Å². The highest BCUT2D eigenvalue weighted by molar-refractivity contribution is 5.33. The summed E-state index contributed by atoms with van der Waals surface area (Å²) in [5.74, 6) is 1.35. The molecule has 17 heavy (non-hydrogen) atoms. The Hall–Kier alpha value is -1.06. The van der Waals surface area contributed by atoms with Gasteiger partial charge in [-0.1, -0.05) is 25.1 Å². The second-order valence-electron chi connectivity index (χ2n) is 4.88. The molecule has 1 aliphatic rings. The van der Waals surface area contributed by atoms with Gasteiger partial charge in [0.2, 0.25) is 0 Å². The first-order chi connectivity index (χ1) is 8.20. The van der Waals surface area contributed by atoms with Gasteiger partial charge in [0.25, 0.3) is 0 Å². The highest BCUT2D eigenvalue weighted by atomic mass is 16.5. The summed E-state index contributed by atoms with van der Waals surface area (Å²) in [6.45, 7) is 4.79. The number of hydrogen-bond donors (Lipinski definition) is 1. The van der Waals surface area contributed by atoms with Gasteiger partial charge in [0.1, 0.15) is 5.75 Å². The first kappa shape index (κ1) is 12.4. The Bertz CT molecular complexity index is 367. The van der Waals surface area contributed by atoms with E-state index in [4.69, 9.17) is 4.74 Å². The van der Waals surface area contributed by atoms with E-state index in [1.54, 1.807) is 7.11 Å². The van der Waals surface area contributed by atoms with Gasteiger partial charge in [-0.25, -0.2) is 0 Å². The summed E-state index contributed by atoms with van der Waals surface area (Å²) in [5, 5.41) is 9.88. The number of nitrogens with zero attached hydrogens (tertiary/aromatic N) is 1. The summed E-state index contributed by atoms with van der Waals surface area (Å²) in [4.78, 5) is 2.29. The van der Waals surface area contributed by atoms with Crippen LogP contribution in [0.2, 0.25) is 0 Å². The Morgan fingerprint density at radius 2 is 2.18 bits per heavy atom. The van der Waals surface area contributed by atoms with Crippen molar-refractivity contribution in [1.82, 2.24) is 4.90 Å². The number of hydrogen-bond acceptors (Lipinski definition) is 3. The van der Waals surface area contributed by atoms with E-state index in [1.807, 2.05) is 18.2 Å². The summed E-state index contributed by atoms with van der Waals surface area (Å²) in [6.07, 6.45) is 0.870. The molecule has 0 aliphatic carbocycles. The van der Waals surface area contributed by atoms with E-state index in [-0.39, 0.29) is 6.10 Å². The van der Waals surface area contributed by atoms with Gasteiger partial charge < -0.3 is 9.84 Å².